The lowest BCUT2D eigenvalue weighted by Crippen LogP contribution is -2.30. The summed E-state index contributed by atoms with van der Waals surface area (Å²) in [5, 5.41) is 5.29. The quantitative estimate of drug-likeness (QED) is 0.400. The fraction of sp³-hybridized carbons (Fsp3) is 0.304. The molecule has 168 valence electrons. The van der Waals surface area contributed by atoms with Gasteiger partial charge in [-0.25, -0.2) is 14.8 Å². The monoisotopic (exact) mass is 461 g/mol. The smallest absolute Gasteiger partial charge is 0.352 e. The maximum atomic E-state index is 13.3. The zero-order valence-electron chi connectivity index (χ0n) is 18.4. The number of methoxy groups -OCH3 is 1. The molecule has 0 atom stereocenters. The van der Waals surface area contributed by atoms with Crippen LogP contribution in [0.15, 0.2) is 47.8 Å². The molecule has 5 aromatic rings. The van der Waals surface area contributed by atoms with Gasteiger partial charge in [0.2, 0.25) is 0 Å². The summed E-state index contributed by atoms with van der Waals surface area (Å²) >= 11 is 1.69. The summed E-state index contributed by atoms with van der Waals surface area (Å²) in [6.45, 7) is 3.03. The van der Waals surface area contributed by atoms with Gasteiger partial charge in [-0.1, -0.05) is 12.1 Å². The van der Waals surface area contributed by atoms with Crippen LogP contribution >= 0.6 is 11.3 Å². The standard InChI is InChI=1S/C23H23N7O2S/c1-27-10-8-24-19(27)13-28-9-7-17-18(12-28)33-22-20(17)21-25-14-26-30(21)23(31)29(22)11-15-3-5-16(32-2)6-4-15/h3-6,8,10,14H,7,9,11-13H2,1-2H3. The van der Waals surface area contributed by atoms with Crippen molar-refractivity contribution >= 4 is 27.2 Å². The maximum absolute atomic E-state index is 13.3. The van der Waals surface area contributed by atoms with Gasteiger partial charge in [0.1, 0.15) is 22.7 Å². The second-order valence-electron chi connectivity index (χ2n) is 8.31. The molecule has 10 heteroatoms. The van der Waals surface area contributed by atoms with E-state index >= 15 is 0 Å². The Bertz CT molecular complexity index is 1530. The molecular weight excluding hydrogens is 438 g/mol. The van der Waals surface area contributed by atoms with Gasteiger partial charge in [-0.05, 0) is 29.7 Å². The first-order valence-electron chi connectivity index (χ1n) is 10.8. The molecule has 0 amide bonds. The number of hydrogen-bond donors (Lipinski definition) is 0. The largest absolute Gasteiger partial charge is 0.497 e. The van der Waals surface area contributed by atoms with Gasteiger partial charge in [0.25, 0.3) is 0 Å². The zero-order chi connectivity index (χ0) is 22.5. The van der Waals surface area contributed by atoms with Gasteiger partial charge in [-0.15, -0.1) is 11.3 Å². The Hall–Kier alpha value is -3.50. The summed E-state index contributed by atoms with van der Waals surface area (Å²) in [6.07, 6.45) is 6.19. The van der Waals surface area contributed by atoms with E-state index in [2.05, 4.69) is 24.5 Å². The Morgan fingerprint density at radius 3 is 2.76 bits per heavy atom. The van der Waals surface area contributed by atoms with Crippen LogP contribution in [0.3, 0.4) is 0 Å². The second kappa shape index (κ2) is 7.82. The predicted molar refractivity (Wildman–Crippen MR) is 126 cm³/mol. The molecular formula is C23H23N7O2S. The summed E-state index contributed by atoms with van der Waals surface area (Å²) in [7, 11) is 3.67. The van der Waals surface area contributed by atoms with Gasteiger partial charge in [0.15, 0.2) is 5.65 Å². The minimum absolute atomic E-state index is 0.172. The van der Waals surface area contributed by atoms with Crippen LogP contribution in [0, 0.1) is 0 Å². The van der Waals surface area contributed by atoms with E-state index in [-0.39, 0.29) is 5.69 Å². The van der Waals surface area contributed by atoms with Crippen molar-refractivity contribution in [2.24, 2.45) is 7.05 Å². The molecule has 5 heterocycles. The van der Waals surface area contributed by atoms with Crippen molar-refractivity contribution in [3.05, 3.63) is 75.3 Å². The number of aromatic nitrogens is 6. The van der Waals surface area contributed by atoms with Crippen molar-refractivity contribution in [2.75, 3.05) is 13.7 Å². The second-order valence-corrected chi connectivity index (χ2v) is 9.39. The van der Waals surface area contributed by atoms with Crippen molar-refractivity contribution in [2.45, 2.75) is 26.1 Å². The summed E-state index contributed by atoms with van der Waals surface area (Å²) in [5.41, 5.74) is 2.79. The molecule has 0 radical (unpaired) electrons. The van der Waals surface area contributed by atoms with E-state index in [1.807, 2.05) is 48.3 Å². The average Bonchev–Trinajstić information content (AvgIpc) is 3.55. The highest BCUT2D eigenvalue weighted by molar-refractivity contribution is 7.19. The van der Waals surface area contributed by atoms with Gasteiger partial charge in [0.05, 0.1) is 25.6 Å². The van der Waals surface area contributed by atoms with Crippen LogP contribution in [0.5, 0.6) is 5.75 Å². The Morgan fingerprint density at radius 2 is 2.00 bits per heavy atom. The first kappa shape index (κ1) is 20.1. The summed E-state index contributed by atoms with van der Waals surface area (Å²) in [4.78, 5) is 26.9. The number of hydrogen-bond acceptors (Lipinski definition) is 7. The van der Waals surface area contributed by atoms with Crippen molar-refractivity contribution in [3.63, 3.8) is 0 Å². The molecule has 0 saturated carbocycles. The lowest BCUT2D eigenvalue weighted by Gasteiger charge is -2.26. The molecule has 1 aromatic carbocycles. The molecule has 33 heavy (non-hydrogen) atoms. The van der Waals surface area contributed by atoms with Gasteiger partial charge >= 0.3 is 5.69 Å². The summed E-state index contributed by atoms with van der Waals surface area (Å²) in [5.74, 6) is 1.85. The molecule has 0 unspecified atom stereocenters. The van der Waals surface area contributed by atoms with E-state index < -0.39 is 0 Å². The van der Waals surface area contributed by atoms with Crippen LogP contribution in [0.25, 0.3) is 15.9 Å². The molecule has 4 aromatic heterocycles. The third-order valence-corrected chi connectivity index (χ3v) is 7.57. The molecule has 0 aliphatic carbocycles. The van der Waals surface area contributed by atoms with E-state index in [0.717, 1.165) is 53.4 Å². The lowest BCUT2D eigenvalue weighted by atomic mass is 10.1. The Labute approximate surface area is 193 Å². The zero-order valence-corrected chi connectivity index (χ0v) is 19.2. The van der Waals surface area contributed by atoms with Crippen LogP contribution in [0.2, 0.25) is 0 Å². The Balaban J connectivity index is 1.44. The number of nitrogens with zero attached hydrogens (tertiary/aromatic N) is 7. The van der Waals surface area contributed by atoms with E-state index in [4.69, 9.17) is 4.74 Å². The topological polar surface area (TPSA) is 82.5 Å². The van der Waals surface area contributed by atoms with Crippen molar-refractivity contribution in [1.82, 2.24) is 33.6 Å². The molecule has 0 fully saturated rings. The number of benzene rings is 1. The van der Waals surface area contributed by atoms with Gasteiger partial charge < -0.3 is 9.30 Å². The number of ether oxygens (including phenoxy) is 1. The van der Waals surface area contributed by atoms with Crippen LogP contribution in [-0.4, -0.2) is 47.3 Å². The molecule has 9 nitrogen and oxygen atoms in total. The van der Waals surface area contributed by atoms with E-state index in [1.165, 1.54) is 21.3 Å². The van der Waals surface area contributed by atoms with Crippen molar-refractivity contribution < 1.29 is 4.74 Å². The molecule has 0 spiro atoms. The van der Waals surface area contributed by atoms with Crippen LogP contribution in [-0.2, 0) is 33.1 Å². The third kappa shape index (κ3) is 3.33. The number of aryl methyl sites for hydroxylation is 1. The molecule has 0 bridgehead atoms. The fourth-order valence-electron chi connectivity index (χ4n) is 4.55. The summed E-state index contributed by atoms with van der Waals surface area (Å²) in [6, 6.07) is 7.82. The van der Waals surface area contributed by atoms with Crippen LogP contribution in [0.1, 0.15) is 21.8 Å². The Morgan fingerprint density at radius 1 is 1.15 bits per heavy atom. The first-order valence-corrected chi connectivity index (χ1v) is 11.6. The highest BCUT2D eigenvalue weighted by Gasteiger charge is 2.26. The minimum atomic E-state index is -0.172. The average molecular weight is 462 g/mol. The van der Waals surface area contributed by atoms with Crippen molar-refractivity contribution in [3.8, 4) is 5.75 Å². The number of thiophene rings is 1. The Kier molecular flexibility index (Phi) is 4.77. The van der Waals surface area contributed by atoms with Crippen LogP contribution in [0.4, 0.5) is 0 Å². The van der Waals surface area contributed by atoms with E-state index in [9.17, 15) is 4.79 Å². The number of fused-ring (bicyclic) bond motifs is 5. The van der Waals surface area contributed by atoms with Gasteiger partial charge in [-0.2, -0.15) is 9.61 Å². The van der Waals surface area contributed by atoms with E-state index in [1.54, 1.807) is 18.4 Å². The fourth-order valence-corrected chi connectivity index (χ4v) is 5.93. The molecule has 1 aliphatic heterocycles. The third-order valence-electron chi connectivity index (χ3n) is 6.33. The highest BCUT2D eigenvalue weighted by atomic mass is 32.1. The summed E-state index contributed by atoms with van der Waals surface area (Å²) < 4.78 is 10.6. The maximum Gasteiger partial charge on any atom is 0.352 e. The SMILES string of the molecule is COc1ccc(Cn2c(=O)n3ncnc3c3c4c(sc32)CN(Cc2nccn2C)CC4)cc1. The van der Waals surface area contributed by atoms with Gasteiger partial charge in [0, 0.05) is 37.4 Å². The molecule has 0 saturated heterocycles. The molecule has 1 aliphatic rings. The predicted octanol–water partition coefficient (Wildman–Crippen LogP) is 2.45. The number of rotatable bonds is 5. The molecule has 6 rings (SSSR count). The first-order chi connectivity index (χ1) is 16.1. The van der Waals surface area contributed by atoms with Crippen LogP contribution < -0.4 is 10.4 Å². The lowest BCUT2D eigenvalue weighted by molar-refractivity contribution is 0.241. The molecule has 0 N–H and O–H groups in total. The minimum Gasteiger partial charge on any atom is -0.497 e. The van der Waals surface area contributed by atoms with Gasteiger partial charge in [-0.3, -0.25) is 9.47 Å². The normalized spacial score (nSPS) is 14.2. The highest BCUT2D eigenvalue weighted by Crippen LogP contribution is 2.37. The van der Waals surface area contributed by atoms with Crippen molar-refractivity contribution in [1.29, 1.82) is 0 Å². The van der Waals surface area contributed by atoms with E-state index in [0.29, 0.717) is 12.2 Å². The number of imidazole rings is 1.